The smallest absolute Gasteiger partial charge is 0.408 e. The summed E-state index contributed by atoms with van der Waals surface area (Å²) in [7, 11) is 0. The van der Waals surface area contributed by atoms with Crippen molar-refractivity contribution in [2.75, 3.05) is 13.2 Å². The minimum Gasteiger partial charge on any atom is -0.445 e. The van der Waals surface area contributed by atoms with E-state index in [0.29, 0.717) is 13.0 Å². The zero-order valence-electron chi connectivity index (χ0n) is 11.9. The van der Waals surface area contributed by atoms with E-state index in [2.05, 4.69) is 5.32 Å². The summed E-state index contributed by atoms with van der Waals surface area (Å²) in [5.74, 6) is 0. The number of nitrogens with one attached hydrogen (secondary N) is 1. The molecule has 1 aliphatic heterocycles. The molecule has 0 saturated carbocycles. The van der Waals surface area contributed by atoms with E-state index in [1.165, 1.54) is 0 Å². The lowest BCUT2D eigenvalue weighted by molar-refractivity contribution is -0.0300. The van der Waals surface area contributed by atoms with Gasteiger partial charge in [-0.25, -0.2) is 4.79 Å². The van der Waals surface area contributed by atoms with Crippen LogP contribution < -0.4 is 5.32 Å². The van der Waals surface area contributed by atoms with Gasteiger partial charge in [-0.2, -0.15) is 0 Å². The first-order chi connectivity index (χ1) is 9.49. The second-order valence-corrected chi connectivity index (χ2v) is 5.54. The molecule has 0 aromatic heterocycles. The number of aliphatic hydroxyl groups excluding tert-OH is 1. The summed E-state index contributed by atoms with van der Waals surface area (Å²) in [6, 6.07) is 9.46. The number of hydrogen-bond donors (Lipinski definition) is 2. The number of ether oxygens (including phenoxy) is 2. The quantitative estimate of drug-likeness (QED) is 0.882. The van der Waals surface area contributed by atoms with Crippen LogP contribution in [-0.4, -0.2) is 35.6 Å². The average Bonchev–Trinajstić information content (AvgIpc) is 2.73. The third kappa shape index (κ3) is 2.94. The molecule has 5 heteroatoms. The Kier molecular flexibility index (Phi) is 4.30. The van der Waals surface area contributed by atoms with Gasteiger partial charge >= 0.3 is 6.09 Å². The van der Waals surface area contributed by atoms with E-state index in [0.717, 1.165) is 5.56 Å². The minimum atomic E-state index is -0.791. The van der Waals surface area contributed by atoms with Crippen LogP contribution >= 0.6 is 0 Å². The molecule has 2 N–H and O–H groups in total. The summed E-state index contributed by atoms with van der Waals surface area (Å²) in [5.41, 5.74) is -0.489. The first-order valence-corrected chi connectivity index (χ1v) is 6.73. The monoisotopic (exact) mass is 279 g/mol. The van der Waals surface area contributed by atoms with Crippen LogP contribution in [0.15, 0.2) is 30.3 Å². The van der Waals surface area contributed by atoms with Crippen LogP contribution in [-0.2, 0) is 16.1 Å². The van der Waals surface area contributed by atoms with Gasteiger partial charge in [-0.3, -0.25) is 0 Å². The van der Waals surface area contributed by atoms with Crippen molar-refractivity contribution in [2.45, 2.75) is 38.0 Å². The van der Waals surface area contributed by atoms with E-state index in [9.17, 15) is 9.90 Å². The number of alkyl carbamates (subject to hydrolysis) is 1. The molecule has 1 unspecified atom stereocenters. The van der Waals surface area contributed by atoms with E-state index in [4.69, 9.17) is 9.47 Å². The van der Waals surface area contributed by atoms with E-state index < -0.39 is 17.2 Å². The maximum absolute atomic E-state index is 11.9. The van der Waals surface area contributed by atoms with E-state index in [-0.39, 0.29) is 13.2 Å². The first-order valence-electron chi connectivity index (χ1n) is 6.73. The molecule has 1 heterocycles. The highest BCUT2D eigenvalue weighted by molar-refractivity contribution is 5.68. The van der Waals surface area contributed by atoms with Gasteiger partial charge in [0.25, 0.3) is 0 Å². The molecule has 1 aliphatic rings. The molecule has 20 heavy (non-hydrogen) atoms. The van der Waals surface area contributed by atoms with Crippen LogP contribution in [0.5, 0.6) is 0 Å². The van der Waals surface area contributed by atoms with Gasteiger partial charge in [-0.15, -0.1) is 0 Å². The Bertz CT molecular complexity index is 460. The molecule has 110 valence electrons. The van der Waals surface area contributed by atoms with E-state index in [1.54, 1.807) is 0 Å². The van der Waals surface area contributed by atoms with Crippen LogP contribution in [0.1, 0.15) is 25.8 Å². The number of amides is 1. The number of benzene rings is 1. The maximum Gasteiger partial charge on any atom is 0.408 e. The Morgan fingerprint density at radius 3 is 2.65 bits per heavy atom. The highest BCUT2D eigenvalue weighted by atomic mass is 16.6. The van der Waals surface area contributed by atoms with Crippen LogP contribution in [0.2, 0.25) is 0 Å². The molecule has 0 bridgehead atoms. The number of hydrogen-bond acceptors (Lipinski definition) is 4. The Labute approximate surface area is 118 Å². The molecule has 0 radical (unpaired) electrons. The zero-order chi connectivity index (χ0) is 14.6. The molecule has 1 aromatic carbocycles. The van der Waals surface area contributed by atoms with Gasteiger partial charge in [-0.05, 0) is 25.8 Å². The van der Waals surface area contributed by atoms with Gasteiger partial charge < -0.3 is 19.9 Å². The van der Waals surface area contributed by atoms with Crippen LogP contribution in [0.25, 0.3) is 0 Å². The fraction of sp³-hybridized carbons (Fsp3) is 0.533. The van der Waals surface area contributed by atoms with Gasteiger partial charge in [0.2, 0.25) is 0 Å². The molecular weight excluding hydrogens is 258 g/mol. The lowest BCUT2D eigenvalue weighted by atomic mass is 9.83. The molecule has 1 aromatic rings. The van der Waals surface area contributed by atoms with Crippen molar-refractivity contribution in [1.82, 2.24) is 5.32 Å². The summed E-state index contributed by atoms with van der Waals surface area (Å²) in [4.78, 5) is 11.9. The van der Waals surface area contributed by atoms with Gasteiger partial charge in [-0.1, -0.05) is 30.3 Å². The molecule has 1 fully saturated rings. The normalized spacial score (nSPS) is 24.4. The highest BCUT2D eigenvalue weighted by Gasteiger charge is 2.51. The van der Waals surface area contributed by atoms with Crippen LogP contribution in [0.4, 0.5) is 4.79 Å². The molecular formula is C15H21NO4. The predicted molar refractivity (Wildman–Crippen MR) is 74.2 cm³/mol. The second kappa shape index (κ2) is 5.81. The highest BCUT2D eigenvalue weighted by Crippen LogP contribution is 2.35. The second-order valence-electron chi connectivity index (χ2n) is 5.54. The van der Waals surface area contributed by atoms with Crippen molar-refractivity contribution in [1.29, 1.82) is 0 Å². The fourth-order valence-corrected chi connectivity index (χ4v) is 2.40. The van der Waals surface area contributed by atoms with Gasteiger partial charge in [0, 0.05) is 6.61 Å². The lowest BCUT2D eigenvalue weighted by Crippen LogP contribution is -2.61. The molecule has 2 rings (SSSR count). The minimum absolute atomic E-state index is 0.180. The van der Waals surface area contributed by atoms with Gasteiger partial charge in [0.15, 0.2) is 0 Å². The predicted octanol–water partition coefficient (Wildman–Crippen LogP) is 1.84. The third-order valence-electron chi connectivity index (χ3n) is 3.97. The van der Waals surface area contributed by atoms with Gasteiger partial charge in [0.05, 0.1) is 17.7 Å². The summed E-state index contributed by atoms with van der Waals surface area (Å²) >= 11 is 0. The van der Waals surface area contributed by atoms with E-state index >= 15 is 0 Å². The number of carbonyl (C=O) groups is 1. The van der Waals surface area contributed by atoms with Gasteiger partial charge in [0.1, 0.15) is 6.61 Å². The first kappa shape index (κ1) is 14.8. The fourth-order valence-electron chi connectivity index (χ4n) is 2.40. The third-order valence-corrected chi connectivity index (χ3v) is 3.97. The Hall–Kier alpha value is -1.59. The largest absolute Gasteiger partial charge is 0.445 e. The van der Waals surface area contributed by atoms with Crippen LogP contribution in [0, 0.1) is 0 Å². The standard InChI is InChI=1S/C15H21NO4/c1-14(2)15(11-17,8-9-20-14)16-13(18)19-10-12-6-4-3-5-7-12/h3-7,17H,8-11H2,1-2H3,(H,16,18). The zero-order valence-corrected chi connectivity index (χ0v) is 11.9. The number of aliphatic hydroxyl groups is 1. The van der Waals surface area contributed by atoms with Crippen molar-refractivity contribution in [3.63, 3.8) is 0 Å². The molecule has 0 aliphatic carbocycles. The molecule has 5 nitrogen and oxygen atoms in total. The van der Waals surface area contributed by atoms with Crippen molar-refractivity contribution in [3.05, 3.63) is 35.9 Å². The number of rotatable bonds is 4. The molecule has 0 spiro atoms. The Balaban J connectivity index is 1.93. The Morgan fingerprint density at radius 1 is 1.40 bits per heavy atom. The van der Waals surface area contributed by atoms with Crippen molar-refractivity contribution in [2.24, 2.45) is 0 Å². The van der Waals surface area contributed by atoms with E-state index in [1.807, 2.05) is 44.2 Å². The lowest BCUT2D eigenvalue weighted by Gasteiger charge is -2.38. The Morgan fingerprint density at radius 2 is 2.10 bits per heavy atom. The van der Waals surface area contributed by atoms with Crippen molar-refractivity contribution < 1.29 is 19.4 Å². The van der Waals surface area contributed by atoms with Crippen molar-refractivity contribution in [3.8, 4) is 0 Å². The van der Waals surface area contributed by atoms with Crippen LogP contribution in [0.3, 0.4) is 0 Å². The molecule has 1 saturated heterocycles. The average molecular weight is 279 g/mol. The maximum atomic E-state index is 11.9. The van der Waals surface area contributed by atoms with Crippen molar-refractivity contribution >= 4 is 6.09 Å². The molecule has 1 atom stereocenters. The number of carbonyl (C=O) groups excluding carboxylic acids is 1. The molecule has 1 amide bonds. The summed E-state index contributed by atoms with van der Waals surface area (Å²) in [6.45, 7) is 4.24. The summed E-state index contributed by atoms with van der Waals surface area (Å²) < 4.78 is 10.8. The summed E-state index contributed by atoms with van der Waals surface area (Å²) in [6.07, 6.45) is 0.0261. The topological polar surface area (TPSA) is 67.8 Å². The summed E-state index contributed by atoms with van der Waals surface area (Å²) in [5, 5.41) is 12.4. The SMILES string of the molecule is CC1(C)OCCC1(CO)NC(=O)OCc1ccccc1.